The maximum absolute atomic E-state index is 5.34. The molecule has 0 bridgehead atoms. The van der Waals surface area contributed by atoms with Crippen molar-refractivity contribution in [1.82, 2.24) is 5.32 Å². The van der Waals surface area contributed by atoms with Crippen molar-refractivity contribution in [2.45, 2.75) is 24.4 Å². The van der Waals surface area contributed by atoms with E-state index in [9.17, 15) is 0 Å². The van der Waals surface area contributed by atoms with E-state index in [0.717, 1.165) is 0 Å². The normalized spacial score (nSPS) is 13.4. The Morgan fingerprint density at radius 2 is 1.00 bits per heavy atom. The Bertz CT molecular complexity index is 117. The molecule has 80 valence electrons. The van der Waals surface area contributed by atoms with E-state index in [2.05, 4.69) is 5.32 Å². The molecule has 0 aromatic heterocycles. The van der Waals surface area contributed by atoms with E-state index >= 15 is 0 Å². The lowest BCUT2D eigenvalue weighted by Crippen LogP contribution is -2.60. The number of rotatable bonds is 6. The average Bonchev–Trinajstić information content (AvgIpc) is 1.81. The van der Waals surface area contributed by atoms with Gasteiger partial charge in [-0.05, 0) is 13.1 Å². The lowest BCUT2D eigenvalue weighted by Gasteiger charge is -2.20. The highest BCUT2D eigenvalue weighted by Crippen LogP contribution is 1.88. The average molecular weight is 191 g/mol. The summed E-state index contributed by atoms with van der Waals surface area (Å²) in [6, 6.07) is 0. The van der Waals surface area contributed by atoms with Crippen LogP contribution in [0.3, 0.4) is 0 Å². The van der Waals surface area contributed by atoms with E-state index < -0.39 is 11.6 Å². The summed E-state index contributed by atoms with van der Waals surface area (Å²) < 4.78 is 0. The van der Waals surface area contributed by atoms with Crippen LogP contribution in [0.15, 0.2) is 0 Å². The van der Waals surface area contributed by atoms with Crippen LogP contribution < -0.4 is 39.7 Å². The molecule has 0 fully saturated rings. The van der Waals surface area contributed by atoms with E-state index in [1.165, 1.54) is 0 Å². The molecule has 0 spiro atoms. The highest BCUT2D eigenvalue weighted by Gasteiger charge is 2.12. The smallest absolute Gasteiger partial charge is 0.117 e. The Morgan fingerprint density at radius 1 is 0.692 bits per heavy atom. The molecule has 7 nitrogen and oxygen atoms in total. The number of nitrogens with two attached hydrogens (primary N) is 6. The molecule has 0 aliphatic rings. The van der Waals surface area contributed by atoms with Gasteiger partial charge in [0.25, 0.3) is 0 Å². The van der Waals surface area contributed by atoms with Crippen LogP contribution in [-0.4, -0.2) is 24.7 Å². The van der Waals surface area contributed by atoms with E-state index in [4.69, 9.17) is 34.4 Å². The van der Waals surface area contributed by atoms with Gasteiger partial charge in [-0.3, -0.25) is 0 Å². The first-order chi connectivity index (χ1) is 5.71. The Labute approximate surface area is 78.2 Å². The Kier molecular flexibility index (Phi) is 4.71. The zero-order valence-corrected chi connectivity index (χ0v) is 7.79. The van der Waals surface area contributed by atoms with Crippen molar-refractivity contribution in [3.63, 3.8) is 0 Å². The quantitative estimate of drug-likeness (QED) is 0.168. The molecule has 13 heavy (non-hydrogen) atoms. The first-order valence-corrected chi connectivity index (χ1v) is 4.15. The standard InChI is InChI=1S/C6H21N7/c7-5(8,9)1-3-13-4-2-6(10,11)12/h13H,1-4,7-12H2. The minimum absolute atomic E-state index is 0.472. The molecule has 0 saturated carbocycles. The fourth-order valence-corrected chi connectivity index (χ4v) is 0.735. The van der Waals surface area contributed by atoms with Crippen LogP contribution >= 0.6 is 0 Å². The lowest BCUT2D eigenvalue weighted by molar-refractivity contribution is 0.383. The highest BCUT2D eigenvalue weighted by atomic mass is 15.1. The molecule has 0 radical (unpaired) electrons. The van der Waals surface area contributed by atoms with Gasteiger partial charge in [-0.1, -0.05) is 0 Å². The lowest BCUT2D eigenvalue weighted by atomic mass is 10.2. The maximum Gasteiger partial charge on any atom is 0.117 e. The van der Waals surface area contributed by atoms with E-state index in [0.29, 0.717) is 25.9 Å². The van der Waals surface area contributed by atoms with Crippen LogP contribution in [0, 0.1) is 0 Å². The second kappa shape index (κ2) is 4.82. The number of nitrogens with one attached hydrogen (secondary N) is 1. The van der Waals surface area contributed by atoms with E-state index in [1.54, 1.807) is 0 Å². The second-order valence-electron chi connectivity index (χ2n) is 3.47. The summed E-state index contributed by atoms with van der Waals surface area (Å²) in [5, 5.41) is 3.02. The number of hydrogen-bond donors (Lipinski definition) is 7. The molecule has 0 aliphatic carbocycles. The Morgan fingerprint density at radius 3 is 1.23 bits per heavy atom. The zero-order chi connectivity index (χ0) is 10.5. The predicted molar refractivity (Wildman–Crippen MR) is 52.7 cm³/mol. The molecule has 0 rings (SSSR count). The highest BCUT2D eigenvalue weighted by molar-refractivity contribution is 4.71. The minimum atomic E-state index is -1.13. The van der Waals surface area contributed by atoms with Crippen molar-refractivity contribution < 1.29 is 0 Å². The first-order valence-electron chi connectivity index (χ1n) is 4.15. The van der Waals surface area contributed by atoms with Crippen LogP contribution in [0.2, 0.25) is 0 Å². The van der Waals surface area contributed by atoms with Gasteiger partial charge in [0.2, 0.25) is 0 Å². The molecule has 0 heterocycles. The molecule has 0 aliphatic heterocycles. The topological polar surface area (TPSA) is 168 Å². The predicted octanol–water partition coefficient (Wildman–Crippen LogP) is -3.58. The third-order valence-electron chi connectivity index (χ3n) is 1.47. The Balaban J connectivity index is 3.28. The van der Waals surface area contributed by atoms with Gasteiger partial charge in [0.15, 0.2) is 0 Å². The fourth-order valence-electron chi connectivity index (χ4n) is 0.735. The molecular formula is C6H21N7. The molecule has 0 aromatic rings. The van der Waals surface area contributed by atoms with Gasteiger partial charge in [-0.2, -0.15) is 0 Å². The molecule has 13 N–H and O–H groups in total. The molecule has 0 amide bonds. The molecular weight excluding hydrogens is 170 g/mol. The van der Waals surface area contributed by atoms with Gasteiger partial charge >= 0.3 is 0 Å². The van der Waals surface area contributed by atoms with Gasteiger partial charge in [0.1, 0.15) is 11.6 Å². The van der Waals surface area contributed by atoms with Gasteiger partial charge in [-0.15, -0.1) is 0 Å². The number of hydrogen-bond acceptors (Lipinski definition) is 7. The summed E-state index contributed by atoms with van der Waals surface area (Å²) in [7, 11) is 0. The maximum atomic E-state index is 5.34. The fraction of sp³-hybridized carbons (Fsp3) is 1.00. The Hall–Kier alpha value is -0.280. The van der Waals surface area contributed by atoms with Crippen LogP contribution in [0.1, 0.15) is 12.8 Å². The van der Waals surface area contributed by atoms with Crippen molar-refractivity contribution in [1.29, 1.82) is 0 Å². The SMILES string of the molecule is NC(N)(N)CCNCCC(N)(N)N. The van der Waals surface area contributed by atoms with Crippen LogP contribution in [0.5, 0.6) is 0 Å². The largest absolute Gasteiger partial charge is 0.316 e. The molecule has 7 heteroatoms. The van der Waals surface area contributed by atoms with Gasteiger partial charge < -0.3 is 39.7 Å². The van der Waals surface area contributed by atoms with Crippen molar-refractivity contribution in [2.24, 2.45) is 34.4 Å². The first kappa shape index (κ1) is 12.7. The molecule has 0 saturated heterocycles. The van der Waals surface area contributed by atoms with Crippen LogP contribution in [0.25, 0.3) is 0 Å². The van der Waals surface area contributed by atoms with Gasteiger partial charge in [0, 0.05) is 12.8 Å². The third-order valence-corrected chi connectivity index (χ3v) is 1.47. The summed E-state index contributed by atoms with van der Waals surface area (Å²) in [5.41, 5.74) is 32.1. The van der Waals surface area contributed by atoms with Crippen molar-refractivity contribution >= 4 is 0 Å². The van der Waals surface area contributed by atoms with Gasteiger partial charge in [-0.25, -0.2) is 0 Å². The monoisotopic (exact) mass is 191 g/mol. The van der Waals surface area contributed by atoms with E-state index in [-0.39, 0.29) is 0 Å². The van der Waals surface area contributed by atoms with Crippen LogP contribution in [-0.2, 0) is 0 Å². The second-order valence-corrected chi connectivity index (χ2v) is 3.47. The van der Waals surface area contributed by atoms with Crippen molar-refractivity contribution in [2.75, 3.05) is 13.1 Å². The van der Waals surface area contributed by atoms with Crippen LogP contribution in [0.4, 0.5) is 0 Å². The summed E-state index contributed by atoms with van der Waals surface area (Å²) in [6.45, 7) is 1.22. The van der Waals surface area contributed by atoms with E-state index in [1.807, 2.05) is 0 Å². The molecule has 0 unspecified atom stereocenters. The minimum Gasteiger partial charge on any atom is -0.316 e. The summed E-state index contributed by atoms with van der Waals surface area (Å²) in [6.07, 6.45) is 0.944. The molecule has 0 atom stereocenters. The van der Waals surface area contributed by atoms with Crippen molar-refractivity contribution in [3.05, 3.63) is 0 Å². The summed E-state index contributed by atoms with van der Waals surface area (Å²) in [5.74, 6) is -2.25. The molecule has 0 aromatic carbocycles. The van der Waals surface area contributed by atoms with Gasteiger partial charge in [0.05, 0.1) is 0 Å². The summed E-state index contributed by atoms with van der Waals surface area (Å²) >= 11 is 0. The summed E-state index contributed by atoms with van der Waals surface area (Å²) in [4.78, 5) is 0. The van der Waals surface area contributed by atoms with Crippen molar-refractivity contribution in [3.8, 4) is 0 Å². The zero-order valence-electron chi connectivity index (χ0n) is 7.79. The third kappa shape index (κ3) is 11.7.